The molecule has 2 saturated heterocycles. The highest BCUT2D eigenvalue weighted by atomic mass is 32.1. The number of amides is 1. The van der Waals surface area contributed by atoms with Gasteiger partial charge >= 0.3 is 0 Å². The summed E-state index contributed by atoms with van der Waals surface area (Å²) in [5, 5.41) is 10.9. The molecule has 2 aromatic rings. The number of aromatic nitrogens is 1. The van der Waals surface area contributed by atoms with E-state index in [1.165, 1.54) is 0 Å². The summed E-state index contributed by atoms with van der Waals surface area (Å²) in [6.45, 7) is 6.16. The molecule has 1 aromatic carbocycles. The molecule has 1 aromatic heterocycles. The van der Waals surface area contributed by atoms with Crippen LogP contribution in [0, 0.1) is 0 Å². The number of likely N-dealkylation sites (tertiary alicyclic amines) is 1. The predicted molar refractivity (Wildman–Crippen MR) is 109 cm³/mol. The monoisotopic (exact) mass is 405 g/mol. The molecule has 2 aliphatic heterocycles. The van der Waals surface area contributed by atoms with E-state index in [1.54, 1.807) is 18.4 Å². The number of morpholine rings is 1. The topological polar surface area (TPSA) is 75.1 Å². The van der Waals surface area contributed by atoms with Gasteiger partial charge in [0.2, 0.25) is 5.91 Å². The Morgan fingerprint density at radius 2 is 2.00 bits per heavy atom. The van der Waals surface area contributed by atoms with Crippen molar-refractivity contribution >= 4 is 33.1 Å². The minimum Gasteiger partial charge on any atom is -0.494 e. The number of nitrogens with zero attached hydrogens (tertiary/aromatic N) is 3. The van der Waals surface area contributed by atoms with E-state index in [9.17, 15) is 9.90 Å². The quantitative estimate of drug-likeness (QED) is 0.839. The molecule has 0 bridgehead atoms. The fourth-order valence-corrected chi connectivity index (χ4v) is 4.90. The molecule has 0 spiro atoms. The Kier molecular flexibility index (Phi) is 5.44. The van der Waals surface area contributed by atoms with Crippen molar-refractivity contribution in [1.29, 1.82) is 0 Å². The first-order chi connectivity index (χ1) is 13.5. The molecule has 2 aliphatic rings. The van der Waals surface area contributed by atoms with E-state index in [2.05, 4.69) is 11.0 Å². The Hall–Kier alpha value is -1.90. The molecule has 2 fully saturated rings. The molecule has 28 heavy (non-hydrogen) atoms. The number of carbonyl (C=O) groups is 1. The summed E-state index contributed by atoms with van der Waals surface area (Å²) in [5.74, 6) is 0.803. The van der Waals surface area contributed by atoms with Crippen molar-refractivity contribution in [2.75, 3.05) is 51.4 Å². The maximum atomic E-state index is 12.7. The van der Waals surface area contributed by atoms with Gasteiger partial charge in [-0.3, -0.25) is 4.79 Å². The maximum absolute atomic E-state index is 12.7. The first-order valence-electron chi connectivity index (χ1n) is 9.76. The number of aliphatic hydroxyl groups is 1. The van der Waals surface area contributed by atoms with Crippen LogP contribution in [0.5, 0.6) is 5.75 Å². The number of thiazole rings is 1. The van der Waals surface area contributed by atoms with Crippen molar-refractivity contribution < 1.29 is 19.4 Å². The lowest BCUT2D eigenvalue weighted by Crippen LogP contribution is -2.45. The second-order valence-corrected chi connectivity index (χ2v) is 8.81. The third-order valence-electron chi connectivity index (χ3n) is 5.60. The number of rotatable bonds is 4. The van der Waals surface area contributed by atoms with E-state index in [0.717, 1.165) is 53.0 Å². The van der Waals surface area contributed by atoms with Gasteiger partial charge in [-0.05, 0) is 31.9 Å². The van der Waals surface area contributed by atoms with Gasteiger partial charge in [-0.2, -0.15) is 0 Å². The fraction of sp³-hybridized carbons (Fsp3) is 0.600. The van der Waals surface area contributed by atoms with E-state index in [-0.39, 0.29) is 12.3 Å². The summed E-state index contributed by atoms with van der Waals surface area (Å²) >= 11 is 1.57. The Morgan fingerprint density at radius 1 is 1.29 bits per heavy atom. The molecule has 0 unspecified atom stereocenters. The molecular formula is C20H27N3O4S. The van der Waals surface area contributed by atoms with Gasteiger partial charge in [-0.15, -0.1) is 11.3 Å². The molecule has 4 rings (SSSR count). The van der Waals surface area contributed by atoms with Crippen molar-refractivity contribution in [3.8, 4) is 5.75 Å². The Labute approximate surface area is 168 Å². The van der Waals surface area contributed by atoms with Crippen LogP contribution in [0.15, 0.2) is 12.1 Å². The van der Waals surface area contributed by atoms with Crippen LogP contribution in [0.3, 0.4) is 0 Å². The molecule has 0 saturated carbocycles. The zero-order valence-corrected chi connectivity index (χ0v) is 17.3. The molecule has 152 valence electrons. The van der Waals surface area contributed by atoms with Crippen LogP contribution in [0.2, 0.25) is 0 Å². The van der Waals surface area contributed by atoms with Gasteiger partial charge in [-0.1, -0.05) is 0 Å². The molecule has 8 heteroatoms. The van der Waals surface area contributed by atoms with Gasteiger partial charge in [0.15, 0.2) is 0 Å². The second-order valence-electron chi connectivity index (χ2n) is 7.73. The van der Waals surface area contributed by atoms with Crippen molar-refractivity contribution in [1.82, 2.24) is 9.88 Å². The summed E-state index contributed by atoms with van der Waals surface area (Å²) in [5.41, 5.74) is 1.29. The average molecular weight is 406 g/mol. The maximum Gasteiger partial charge on any atom is 0.229 e. The summed E-state index contributed by atoms with van der Waals surface area (Å²) < 4.78 is 12.0. The van der Waals surface area contributed by atoms with E-state index in [0.29, 0.717) is 25.9 Å². The number of anilines is 1. The van der Waals surface area contributed by atoms with E-state index in [4.69, 9.17) is 14.5 Å². The molecule has 0 aliphatic carbocycles. The zero-order chi connectivity index (χ0) is 19.7. The third-order valence-corrected chi connectivity index (χ3v) is 6.68. The van der Waals surface area contributed by atoms with Gasteiger partial charge in [0.05, 0.1) is 42.7 Å². The minimum absolute atomic E-state index is 0.0708. The lowest BCUT2D eigenvalue weighted by Gasteiger charge is -2.35. The zero-order valence-electron chi connectivity index (χ0n) is 16.4. The van der Waals surface area contributed by atoms with Gasteiger partial charge in [0.25, 0.3) is 0 Å². The number of benzene rings is 1. The van der Waals surface area contributed by atoms with Crippen molar-refractivity contribution in [2.24, 2.45) is 0 Å². The number of fused-ring (bicyclic) bond motifs is 1. The average Bonchev–Trinajstić information content (AvgIpc) is 3.11. The van der Waals surface area contributed by atoms with Gasteiger partial charge in [0, 0.05) is 26.2 Å². The van der Waals surface area contributed by atoms with Crippen molar-refractivity contribution in [3.05, 3.63) is 17.1 Å². The third kappa shape index (κ3) is 3.94. The molecule has 1 amide bonds. The second kappa shape index (κ2) is 7.85. The molecule has 0 radical (unpaired) electrons. The van der Waals surface area contributed by atoms with E-state index < -0.39 is 5.60 Å². The molecule has 1 N–H and O–H groups in total. The first-order valence-corrected chi connectivity index (χ1v) is 10.6. The molecule has 7 nitrogen and oxygen atoms in total. The van der Waals surface area contributed by atoms with Crippen molar-refractivity contribution in [3.63, 3.8) is 0 Å². The van der Waals surface area contributed by atoms with Crippen LogP contribution in [-0.4, -0.2) is 73.0 Å². The Morgan fingerprint density at radius 3 is 2.68 bits per heavy atom. The molecular weight excluding hydrogens is 378 g/mol. The number of carbonyl (C=O) groups excluding carboxylic acids is 1. The Balaban J connectivity index is 1.57. The highest BCUT2D eigenvalue weighted by molar-refractivity contribution is 7.19. The summed E-state index contributed by atoms with van der Waals surface area (Å²) in [4.78, 5) is 21.6. The normalized spacial score (nSPS) is 19.8. The number of hydrogen-bond donors (Lipinski definition) is 1. The van der Waals surface area contributed by atoms with Crippen molar-refractivity contribution in [2.45, 2.75) is 31.8 Å². The molecule has 3 heterocycles. The van der Waals surface area contributed by atoms with Crippen LogP contribution in [0.25, 0.3) is 10.2 Å². The summed E-state index contributed by atoms with van der Waals surface area (Å²) in [6.07, 6.45) is 1.52. The standard InChI is InChI=1S/C20H27N3O4S/c1-20(25)5-7-23(8-6-20)17(24)13-16-21-18-15(26-2)4-3-14(19(18)28-16)22-9-11-27-12-10-22/h3-4,25H,5-13H2,1-2H3. The van der Waals surface area contributed by atoms with E-state index in [1.807, 2.05) is 17.9 Å². The Bertz CT molecular complexity index is 850. The number of hydrogen-bond acceptors (Lipinski definition) is 7. The summed E-state index contributed by atoms with van der Waals surface area (Å²) in [6, 6.07) is 4.02. The van der Waals surface area contributed by atoms with Crippen LogP contribution >= 0.6 is 11.3 Å². The van der Waals surface area contributed by atoms with Gasteiger partial charge < -0.3 is 24.4 Å². The smallest absolute Gasteiger partial charge is 0.229 e. The first kappa shape index (κ1) is 19.4. The van der Waals surface area contributed by atoms with Crippen LogP contribution in [-0.2, 0) is 16.0 Å². The largest absolute Gasteiger partial charge is 0.494 e. The summed E-state index contributed by atoms with van der Waals surface area (Å²) in [7, 11) is 1.65. The van der Waals surface area contributed by atoms with Crippen LogP contribution in [0.1, 0.15) is 24.8 Å². The lowest BCUT2D eigenvalue weighted by molar-refractivity contribution is -0.134. The lowest BCUT2D eigenvalue weighted by atomic mass is 9.94. The number of piperidine rings is 1. The van der Waals surface area contributed by atoms with E-state index >= 15 is 0 Å². The SMILES string of the molecule is COc1ccc(N2CCOCC2)c2sc(CC(=O)N3CCC(C)(O)CC3)nc12. The number of methoxy groups -OCH3 is 1. The highest BCUT2D eigenvalue weighted by Gasteiger charge is 2.30. The molecule has 0 atom stereocenters. The minimum atomic E-state index is -0.660. The van der Waals surface area contributed by atoms with Crippen LogP contribution < -0.4 is 9.64 Å². The number of ether oxygens (including phenoxy) is 2. The fourth-order valence-electron chi connectivity index (χ4n) is 3.79. The highest BCUT2D eigenvalue weighted by Crippen LogP contribution is 2.38. The van der Waals surface area contributed by atoms with Gasteiger partial charge in [0.1, 0.15) is 16.3 Å². The van der Waals surface area contributed by atoms with Crippen LogP contribution in [0.4, 0.5) is 5.69 Å². The predicted octanol–water partition coefficient (Wildman–Crippen LogP) is 2.06. The van der Waals surface area contributed by atoms with Gasteiger partial charge in [-0.25, -0.2) is 4.98 Å².